The van der Waals surface area contributed by atoms with E-state index in [2.05, 4.69) is 61.4 Å². The molecule has 0 amide bonds. The zero-order valence-corrected chi connectivity index (χ0v) is 13.4. The molecule has 0 aromatic heterocycles. The van der Waals surface area contributed by atoms with Crippen LogP contribution in [0.15, 0.2) is 66.4 Å². The summed E-state index contributed by atoms with van der Waals surface area (Å²) in [7, 11) is -1.31. The summed E-state index contributed by atoms with van der Waals surface area (Å²) in [5.41, 5.74) is 5.79. The molecule has 0 radical (unpaired) electrons. The molecule has 0 heterocycles. The molecule has 0 aliphatic heterocycles. The van der Waals surface area contributed by atoms with Gasteiger partial charge in [0.05, 0.1) is 8.07 Å². The molecule has 2 rings (SSSR count). The first-order chi connectivity index (χ1) is 9.54. The van der Waals surface area contributed by atoms with Gasteiger partial charge in [-0.05, 0) is 17.7 Å². The van der Waals surface area contributed by atoms with Crippen molar-refractivity contribution in [2.75, 3.05) is 0 Å². The van der Waals surface area contributed by atoms with Crippen LogP contribution in [-0.2, 0) is 0 Å². The van der Waals surface area contributed by atoms with Crippen molar-refractivity contribution in [1.29, 1.82) is 0 Å². The van der Waals surface area contributed by atoms with E-state index in [0.29, 0.717) is 0 Å². The average Bonchev–Trinajstić information content (AvgIpc) is 2.44. The zero-order valence-electron chi connectivity index (χ0n) is 12.4. The zero-order chi connectivity index (χ0) is 14.4. The van der Waals surface area contributed by atoms with Crippen LogP contribution in [0, 0.1) is 11.8 Å². The maximum absolute atomic E-state index is 3.35. The molecule has 0 unspecified atom stereocenters. The van der Waals surface area contributed by atoms with Crippen molar-refractivity contribution in [3.63, 3.8) is 0 Å². The SMILES string of the molecule is C[Si](C)(C)C=C(C#Cc1ccccc1)c1ccccc1. The molecular weight excluding hydrogens is 256 g/mol. The van der Waals surface area contributed by atoms with Gasteiger partial charge in [-0.15, -0.1) is 0 Å². The van der Waals surface area contributed by atoms with E-state index in [-0.39, 0.29) is 0 Å². The van der Waals surface area contributed by atoms with E-state index in [0.717, 1.165) is 11.1 Å². The fraction of sp³-hybridized carbons (Fsp3) is 0.158. The van der Waals surface area contributed by atoms with Gasteiger partial charge >= 0.3 is 0 Å². The summed E-state index contributed by atoms with van der Waals surface area (Å²) in [5.74, 6) is 6.62. The van der Waals surface area contributed by atoms with E-state index >= 15 is 0 Å². The number of hydrogen-bond donors (Lipinski definition) is 0. The minimum atomic E-state index is -1.31. The monoisotopic (exact) mass is 276 g/mol. The number of rotatable bonds is 2. The lowest BCUT2D eigenvalue weighted by Crippen LogP contribution is -2.16. The Labute approximate surface area is 123 Å². The van der Waals surface area contributed by atoms with Gasteiger partial charge in [-0.25, -0.2) is 0 Å². The molecule has 0 aliphatic rings. The van der Waals surface area contributed by atoms with Crippen LogP contribution in [0.3, 0.4) is 0 Å². The Morgan fingerprint density at radius 2 is 1.40 bits per heavy atom. The van der Waals surface area contributed by atoms with Crippen molar-refractivity contribution in [3.8, 4) is 11.8 Å². The third-order valence-corrected chi connectivity index (χ3v) is 3.93. The van der Waals surface area contributed by atoms with Crippen LogP contribution in [0.1, 0.15) is 11.1 Å². The van der Waals surface area contributed by atoms with Gasteiger partial charge in [0.15, 0.2) is 0 Å². The van der Waals surface area contributed by atoms with Gasteiger partial charge in [0, 0.05) is 11.1 Å². The van der Waals surface area contributed by atoms with Crippen LogP contribution in [-0.4, -0.2) is 8.07 Å². The molecule has 2 aromatic carbocycles. The Bertz CT molecular complexity index is 635. The van der Waals surface area contributed by atoms with Crippen LogP contribution in [0.5, 0.6) is 0 Å². The lowest BCUT2D eigenvalue weighted by Gasteiger charge is -2.11. The van der Waals surface area contributed by atoms with Crippen molar-refractivity contribution >= 4 is 13.6 Å². The van der Waals surface area contributed by atoms with Crippen molar-refractivity contribution < 1.29 is 0 Å². The van der Waals surface area contributed by atoms with E-state index in [1.165, 1.54) is 5.56 Å². The Morgan fingerprint density at radius 1 is 0.850 bits per heavy atom. The third kappa shape index (κ3) is 4.57. The summed E-state index contributed by atoms with van der Waals surface area (Å²) >= 11 is 0. The normalized spacial score (nSPS) is 11.7. The fourth-order valence-corrected chi connectivity index (χ4v) is 3.01. The predicted molar refractivity (Wildman–Crippen MR) is 91.1 cm³/mol. The van der Waals surface area contributed by atoms with Crippen molar-refractivity contribution in [1.82, 2.24) is 0 Å². The van der Waals surface area contributed by atoms with Gasteiger partial charge in [-0.3, -0.25) is 0 Å². The summed E-state index contributed by atoms with van der Waals surface area (Å²) < 4.78 is 0. The molecule has 0 spiro atoms. The van der Waals surface area contributed by atoms with E-state index in [4.69, 9.17) is 0 Å². The molecule has 0 N–H and O–H groups in total. The van der Waals surface area contributed by atoms with Crippen molar-refractivity contribution in [3.05, 3.63) is 77.5 Å². The van der Waals surface area contributed by atoms with E-state index in [1.54, 1.807) is 0 Å². The van der Waals surface area contributed by atoms with Gasteiger partial charge in [-0.2, -0.15) is 0 Å². The Morgan fingerprint density at radius 3 is 1.95 bits per heavy atom. The quantitative estimate of drug-likeness (QED) is 0.535. The standard InChI is InChI=1S/C19H20Si/c1-20(2,3)16-19(18-12-8-5-9-13-18)15-14-17-10-6-4-7-11-17/h4-13,16H,1-3H3. The van der Waals surface area contributed by atoms with Crippen molar-refractivity contribution in [2.24, 2.45) is 0 Å². The Hall–Kier alpha value is -2.04. The second-order valence-corrected chi connectivity index (χ2v) is 10.9. The first-order valence-electron chi connectivity index (χ1n) is 6.90. The second-order valence-electron chi connectivity index (χ2n) is 5.91. The smallest absolute Gasteiger partial charge is 0.0703 e. The van der Waals surface area contributed by atoms with Crippen LogP contribution < -0.4 is 0 Å². The Kier molecular flexibility index (Phi) is 4.60. The molecule has 20 heavy (non-hydrogen) atoms. The molecule has 0 nitrogen and oxygen atoms in total. The molecule has 100 valence electrons. The van der Waals surface area contributed by atoms with Gasteiger partial charge in [0.25, 0.3) is 0 Å². The largest absolute Gasteiger partial charge is 0.0790 e. The van der Waals surface area contributed by atoms with E-state index in [1.807, 2.05) is 36.4 Å². The molecule has 0 saturated heterocycles. The third-order valence-electron chi connectivity index (χ3n) is 2.78. The highest BCUT2D eigenvalue weighted by molar-refractivity contribution is 6.81. The highest BCUT2D eigenvalue weighted by Crippen LogP contribution is 2.17. The second kappa shape index (κ2) is 6.41. The van der Waals surface area contributed by atoms with Gasteiger partial charge < -0.3 is 0 Å². The molecule has 0 saturated carbocycles. The topological polar surface area (TPSA) is 0 Å². The summed E-state index contributed by atoms with van der Waals surface area (Å²) in [4.78, 5) is 0. The van der Waals surface area contributed by atoms with Crippen LogP contribution in [0.25, 0.3) is 5.57 Å². The maximum Gasteiger partial charge on any atom is 0.0703 e. The van der Waals surface area contributed by atoms with Crippen molar-refractivity contribution in [2.45, 2.75) is 19.6 Å². The molecule has 0 bridgehead atoms. The maximum atomic E-state index is 3.35. The predicted octanol–water partition coefficient (Wildman–Crippen LogP) is 5.00. The highest BCUT2D eigenvalue weighted by atomic mass is 28.3. The molecular formula is C19H20Si. The summed E-state index contributed by atoms with van der Waals surface area (Å²) in [6.07, 6.45) is 0. The van der Waals surface area contributed by atoms with Gasteiger partial charge in [0.1, 0.15) is 0 Å². The first-order valence-corrected chi connectivity index (χ1v) is 10.5. The molecule has 2 aromatic rings. The lowest BCUT2D eigenvalue weighted by atomic mass is 10.1. The Balaban J connectivity index is 2.40. The average molecular weight is 276 g/mol. The summed E-state index contributed by atoms with van der Waals surface area (Å²) in [6, 6.07) is 20.6. The van der Waals surface area contributed by atoms with Gasteiger partial charge in [-0.1, -0.05) is 85.7 Å². The molecule has 0 aliphatic carbocycles. The number of allylic oxidation sites excluding steroid dienone is 1. The summed E-state index contributed by atoms with van der Waals surface area (Å²) in [6.45, 7) is 7.00. The van der Waals surface area contributed by atoms with Crippen LogP contribution in [0.4, 0.5) is 0 Å². The number of hydrogen-bond acceptors (Lipinski definition) is 0. The first kappa shape index (κ1) is 14.4. The highest BCUT2D eigenvalue weighted by Gasteiger charge is 2.11. The van der Waals surface area contributed by atoms with Crippen LogP contribution in [0.2, 0.25) is 19.6 Å². The molecule has 1 heteroatoms. The van der Waals surface area contributed by atoms with E-state index in [9.17, 15) is 0 Å². The molecule has 0 atom stereocenters. The lowest BCUT2D eigenvalue weighted by molar-refractivity contribution is 1.62. The van der Waals surface area contributed by atoms with E-state index < -0.39 is 8.07 Å². The number of benzene rings is 2. The van der Waals surface area contributed by atoms with Gasteiger partial charge in [0.2, 0.25) is 0 Å². The summed E-state index contributed by atoms with van der Waals surface area (Å²) in [5, 5.41) is 0. The molecule has 0 fully saturated rings. The minimum Gasteiger partial charge on any atom is -0.0790 e. The minimum absolute atomic E-state index is 1.06. The van der Waals surface area contributed by atoms with Crippen LogP contribution >= 0.6 is 0 Å². The fourth-order valence-electron chi connectivity index (χ4n) is 1.90.